The summed E-state index contributed by atoms with van der Waals surface area (Å²) in [6, 6.07) is 0. The Morgan fingerprint density at radius 3 is 2.88 bits per heavy atom. The van der Waals surface area contributed by atoms with Crippen molar-refractivity contribution >= 4 is 22.8 Å². The Bertz CT molecular complexity index is 737. The van der Waals surface area contributed by atoms with E-state index in [0.717, 1.165) is 24.0 Å². The fourth-order valence-corrected chi connectivity index (χ4v) is 4.90. The maximum Gasteiger partial charge on any atom is 0.291 e. The molecule has 1 fully saturated rings. The molecule has 24 heavy (non-hydrogen) atoms. The summed E-state index contributed by atoms with van der Waals surface area (Å²) >= 11 is 1.19. The maximum atomic E-state index is 12.9. The molecule has 0 saturated heterocycles. The van der Waals surface area contributed by atoms with E-state index < -0.39 is 5.41 Å². The highest BCUT2D eigenvalue weighted by Crippen LogP contribution is 2.54. The van der Waals surface area contributed by atoms with E-state index in [2.05, 4.69) is 11.9 Å². The molecular weight excluding hydrogens is 324 g/mol. The van der Waals surface area contributed by atoms with Gasteiger partial charge >= 0.3 is 0 Å². The first-order valence-electron chi connectivity index (χ1n) is 8.19. The topological polar surface area (TPSA) is 65.1 Å². The highest BCUT2D eigenvalue weighted by Gasteiger charge is 2.49. The smallest absolute Gasteiger partial charge is 0.291 e. The molecule has 3 rings (SSSR count). The molecule has 2 aromatic heterocycles. The Kier molecular flexibility index (Phi) is 4.67. The summed E-state index contributed by atoms with van der Waals surface area (Å²) in [5, 5.41) is -0.404. The number of nitrogens with zero attached hydrogens (tertiary/aromatic N) is 2. The summed E-state index contributed by atoms with van der Waals surface area (Å²) in [5.41, 5.74) is 1.31. The molecule has 0 radical (unpaired) electrons. The van der Waals surface area contributed by atoms with Crippen LogP contribution in [0.3, 0.4) is 0 Å². The van der Waals surface area contributed by atoms with E-state index in [9.17, 15) is 9.59 Å². The molecule has 128 valence electrons. The van der Waals surface area contributed by atoms with Crippen molar-refractivity contribution in [2.24, 2.45) is 11.3 Å². The van der Waals surface area contributed by atoms with Gasteiger partial charge in [-0.3, -0.25) is 14.2 Å². The zero-order valence-corrected chi connectivity index (χ0v) is 15.0. The lowest BCUT2D eigenvalue weighted by Crippen LogP contribution is -2.42. The number of carbonyl (C=O) groups excluding carboxylic acids is 2. The van der Waals surface area contributed by atoms with E-state index in [0.29, 0.717) is 6.42 Å². The Hall–Kier alpha value is -1.82. The summed E-state index contributed by atoms with van der Waals surface area (Å²) < 4.78 is 6.80. The van der Waals surface area contributed by atoms with E-state index in [1.807, 2.05) is 13.8 Å². The van der Waals surface area contributed by atoms with Crippen LogP contribution in [0.25, 0.3) is 0 Å². The number of aromatic nitrogens is 2. The second kappa shape index (κ2) is 6.59. The van der Waals surface area contributed by atoms with E-state index in [1.54, 1.807) is 24.9 Å². The second-order valence-corrected chi connectivity index (χ2v) is 7.80. The fourth-order valence-electron chi connectivity index (χ4n) is 3.49. The monoisotopic (exact) mass is 346 g/mol. The van der Waals surface area contributed by atoms with Crippen LogP contribution >= 0.6 is 11.8 Å². The number of hydrogen-bond acceptors (Lipinski definition) is 5. The Morgan fingerprint density at radius 2 is 2.29 bits per heavy atom. The van der Waals surface area contributed by atoms with Crippen LogP contribution < -0.4 is 0 Å². The molecule has 0 N–H and O–H groups in total. The summed E-state index contributed by atoms with van der Waals surface area (Å²) in [6.07, 6.45) is 10.5. The quantitative estimate of drug-likeness (QED) is 0.811. The van der Waals surface area contributed by atoms with Crippen LogP contribution in [0.5, 0.6) is 0 Å². The van der Waals surface area contributed by atoms with Crippen molar-refractivity contribution in [1.29, 1.82) is 0 Å². The highest BCUT2D eigenvalue weighted by molar-refractivity contribution is 8.13. The predicted octanol–water partition coefficient (Wildman–Crippen LogP) is 4.62. The largest absolute Gasteiger partial charge is 0.472 e. The first-order valence-corrected chi connectivity index (χ1v) is 9.07. The van der Waals surface area contributed by atoms with Gasteiger partial charge in [0.1, 0.15) is 12.1 Å². The van der Waals surface area contributed by atoms with Gasteiger partial charge in [-0.25, -0.2) is 4.98 Å². The van der Waals surface area contributed by atoms with Gasteiger partial charge in [0.2, 0.25) is 0 Å². The molecule has 0 spiro atoms. The Morgan fingerprint density at radius 1 is 1.50 bits per heavy atom. The number of rotatable bonds is 3. The molecule has 0 bridgehead atoms. The molecule has 1 saturated carbocycles. The van der Waals surface area contributed by atoms with Crippen molar-refractivity contribution in [2.45, 2.75) is 45.3 Å². The van der Waals surface area contributed by atoms with Gasteiger partial charge in [0.25, 0.3) is 5.24 Å². The van der Waals surface area contributed by atoms with Gasteiger partial charge in [0, 0.05) is 29.8 Å². The zero-order valence-electron chi connectivity index (χ0n) is 14.2. The maximum absolute atomic E-state index is 12.9. The third-order valence-corrected chi connectivity index (χ3v) is 6.71. The normalized spacial score (nSPS) is 25.6. The molecule has 2 aromatic rings. The third kappa shape index (κ3) is 2.83. The average molecular weight is 346 g/mol. The minimum absolute atomic E-state index is 0.134. The Balaban J connectivity index is 2.01. The standard InChI is InChI=1S/C18H22N2O3S/c1-12-9-23-10-14(12)16(24-17(22)20-8-7-19-11-20)18(3)13(2)5-4-6-15(18)21/h7-11,13,16H,4-6H2,1-3H3/t13-,16-,18+/m0/s1. The van der Waals surface area contributed by atoms with Crippen molar-refractivity contribution in [3.63, 3.8) is 0 Å². The van der Waals surface area contributed by atoms with Crippen LogP contribution in [-0.2, 0) is 4.79 Å². The van der Waals surface area contributed by atoms with Crippen molar-refractivity contribution < 1.29 is 14.0 Å². The number of Topliss-reactive ketones (excluding diaryl/α,β-unsaturated/α-hetero) is 1. The number of thioether (sulfide) groups is 1. The average Bonchev–Trinajstić information content (AvgIpc) is 3.21. The van der Waals surface area contributed by atoms with Crippen LogP contribution in [0, 0.1) is 18.3 Å². The van der Waals surface area contributed by atoms with Gasteiger partial charge in [0.05, 0.1) is 17.8 Å². The van der Waals surface area contributed by atoms with Gasteiger partial charge in [0.15, 0.2) is 0 Å². The molecule has 3 atom stereocenters. The highest BCUT2D eigenvalue weighted by atomic mass is 32.2. The van der Waals surface area contributed by atoms with E-state index in [1.165, 1.54) is 22.7 Å². The lowest BCUT2D eigenvalue weighted by atomic mass is 9.64. The lowest BCUT2D eigenvalue weighted by Gasteiger charge is -2.43. The van der Waals surface area contributed by atoms with E-state index >= 15 is 0 Å². The molecule has 1 aliphatic rings. The second-order valence-electron chi connectivity index (χ2n) is 6.74. The molecule has 2 heterocycles. The van der Waals surface area contributed by atoms with Gasteiger partial charge in [-0.15, -0.1) is 0 Å². The molecule has 0 aliphatic heterocycles. The molecule has 0 unspecified atom stereocenters. The third-order valence-electron chi connectivity index (χ3n) is 5.32. The van der Waals surface area contributed by atoms with Crippen LogP contribution in [0.15, 0.2) is 35.7 Å². The first-order chi connectivity index (χ1) is 11.4. The van der Waals surface area contributed by atoms with Crippen molar-refractivity contribution in [3.05, 3.63) is 42.4 Å². The molecule has 6 heteroatoms. The van der Waals surface area contributed by atoms with Gasteiger partial charge < -0.3 is 4.42 Å². The Labute approximate surface area is 145 Å². The SMILES string of the molecule is Cc1cocc1[C@H](SC(=O)n1ccnc1)[C@@]1(C)C(=O)CCC[C@@H]1C. The van der Waals surface area contributed by atoms with E-state index in [4.69, 9.17) is 4.42 Å². The number of hydrogen-bond donors (Lipinski definition) is 0. The first kappa shape index (κ1) is 17.0. The van der Waals surface area contributed by atoms with Gasteiger partial charge in [-0.2, -0.15) is 0 Å². The number of ketones is 1. The van der Waals surface area contributed by atoms with Gasteiger partial charge in [-0.1, -0.05) is 25.6 Å². The van der Waals surface area contributed by atoms with Crippen molar-refractivity contribution in [3.8, 4) is 0 Å². The van der Waals surface area contributed by atoms with Crippen LogP contribution in [0.4, 0.5) is 4.79 Å². The fraction of sp³-hybridized carbons (Fsp3) is 0.500. The van der Waals surface area contributed by atoms with Crippen LogP contribution in [-0.4, -0.2) is 20.6 Å². The summed E-state index contributed by atoms with van der Waals surface area (Å²) in [6.45, 7) is 6.07. The zero-order chi connectivity index (χ0) is 17.3. The summed E-state index contributed by atoms with van der Waals surface area (Å²) in [5.74, 6) is 0.443. The molecule has 0 aromatic carbocycles. The summed E-state index contributed by atoms with van der Waals surface area (Å²) in [7, 11) is 0. The van der Waals surface area contributed by atoms with Gasteiger partial charge in [-0.05, 0) is 31.2 Å². The predicted molar refractivity (Wildman–Crippen MR) is 92.9 cm³/mol. The molecular formula is C18H22N2O3S. The van der Waals surface area contributed by atoms with Crippen molar-refractivity contribution in [1.82, 2.24) is 9.55 Å². The van der Waals surface area contributed by atoms with E-state index in [-0.39, 0.29) is 22.2 Å². The van der Waals surface area contributed by atoms with Crippen LogP contribution in [0.1, 0.15) is 49.5 Å². The summed E-state index contributed by atoms with van der Waals surface area (Å²) in [4.78, 5) is 29.5. The number of carbonyl (C=O) groups is 2. The van der Waals surface area contributed by atoms with Crippen molar-refractivity contribution in [2.75, 3.05) is 0 Å². The molecule has 5 nitrogen and oxygen atoms in total. The minimum atomic E-state index is -0.589. The molecule has 1 aliphatic carbocycles. The lowest BCUT2D eigenvalue weighted by molar-refractivity contribution is -0.133. The minimum Gasteiger partial charge on any atom is -0.472 e. The number of furan rings is 1. The number of imidazole rings is 1. The number of aryl methyl sites for hydroxylation is 1. The van der Waals surface area contributed by atoms with Crippen LogP contribution in [0.2, 0.25) is 0 Å². The molecule has 0 amide bonds.